The number of hydrogen-bond acceptors (Lipinski definition) is 8. The Morgan fingerprint density at radius 2 is 2.09 bits per heavy atom. The molecule has 0 saturated carbocycles. The number of amides is 1. The molecule has 166 valence electrons. The average Bonchev–Trinajstić information content (AvgIpc) is 3.10. The van der Waals surface area contributed by atoms with Crippen LogP contribution >= 0.6 is 12.1 Å². The Balaban J connectivity index is 1.47. The Labute approximate surface area is 190 Å². The van der Waals surface area contributed by atoms with E-state index < -0.39 is 5.54 Å². The van der Waals surface area contributed by atoms with Gasteiger partial charge in [-0.25, -0.2) is 9.97 Å². The second-order valence-corrected chi connectivity index (χ2v) is 8.73. The summed E-state index contributed by atoms with van der Waals surface area (Å²) in [4.78, 5) is 21.7. The lowest BCUT2D eigenvalue weighted by atomic mass is 10.1. The summed E-state index contributed by atoms with van der Waals surface area (Å²) >= 11 is 1.18. The Kier molecular flexibility index (Phi) is 5.79. The number of rotatable bonds is 6. The largest absolute Gasteiger partial charge is 0.490 e. The lowest BCUT2D eigenvalue weighted by Gasteiger charge is -2.27. The number of anilines is 1. The van der Waals surface area contributed by atoms with Crippen LogP contribution in [0.3, 0.4) is 0 Å². The number of nitrogens with two attached hydrogens (primary N) is 1. The number of hydrogen-bond donors (Lipinski definition) is 3. The molecule has 1 aliphatic heterocycles. The molecule has 3 heterocycles. The van der Waals surface area contributed by atoms with E-state index in [1.807, 2.05) is 50.5 Å². The highest BCUT2D eigenvalue weighted by Gasteiger charge is 2.25. The van der Waals surface area contributed by atoms with Gasteiger partial charge < -0.3 is 20.5 Å². The number of pyridine rings is 1. The second kappa shape index (κ2) is 8.54. The first kappa shape index (κ1) is 21.7. The van der Waals surface area contributed by atoms with Crippen molar-refractivity contribution < 1.29 is 9.53 Å². The van der Waals surface area contributed by atoms with Crippen molar-refractivity contribution in [1.82, 2.24) is 19.9 Å². The van der Waals surface area contributed by atoms with Crippen molar-refractivity contribution in [3.05, 3.63) is 65.4 Å². The molecule has 4 N–H and O–H groups in total. The summed E-state index contributed by atoms with van der Waals surface area (Å²) in [5, 5.41) is 3.04. The van der Waals surface area contributed by atoms with Gasteiger partial charge in [0, 0.05) is 23.7 Å². The minimum absolute atomic E-state index is 0.216. The van der Waals surface area contributed by atoms with Crippen LogP contribution in [0, 0.1) is 13.8 Å². The van der Waals surface area contributed by atoms with E-state index in [0.29, 0.717) is 23.0 Å². The van der Waals surface area contributed by atoms with Crippen molar-refractivity contribution in [1.29, 1.82) is 0 Å². The average molecular weight is 452 g/mol. The molecule has 9 nitrogen and oxygen atoms in total. The van der Waals surface area contributed by atoms with Gasteiger partial charge in [-0.05, 0) is 52.0 Å². The number of aryl methyl sites for hydroxylation is 2. The van der Waals surface area contributed by atoms with Crippen molar-refractivity contribution in [3.8, 4) is 11.6 Å². The highest BCUT2D eigenvalue weighted by Crippen LogP contribution is 2.32. The molecule has 32 heavy (non-hydrogen) atoms. The molecule has 0 radical (unpaired) electrons. The monoisotopic (exact) mass is 451 g/mol. The van der Waals surface area contributed by atoms with E-state index in [2.05, 4.69) is 24.4 Å². The van der Waals surface area contributed by atoms with Crippen molar-refractivity contribution in [2.45, 2.75) is 33.2 Å². The maximum atomic E-state index is 13.0. The number of nitrogens with one attached hydrogen (secondary N) is 2. The van der Waals surface area contributed by atoms with E-state index in [-0.39, 0.29) is 12.5 Å². The number of nitrogens with zero attached hydrogens (tertiary/aromatic N) is 4. The van der Waals surface area contributed by atoms with Crippen molar-refractivity contribution in [2.75, 3.05) is 11.3 Å². The second-order valence-electron chi connectivity index (χ2n) is 8.16. The van der Waals surface area contributed by atoms with Crippen LogP contribution in [0.25, 0.3) is 5.82 Å². The topological polar surface area (TPSA) is 119 Å². The number of aromatic nitrogens is 3. The number of amidine groups is 1. The molecule has 0 aliphatic carbocycles. The minimum atomic E-state index is -0.646. The van der Waals surface area contributed by atoms with E-state index >= 15 is 0 Å². The summed E-state index contributed by atoms with van der Waals surface area (Å²) in [6.07, 6.45) is 3.40. The molecule has 0 saturated heterocycles. The SMILES string of the molecule is Cc1cnc(C)n1-c1cc(C(=O)NC(C)(C)COc2cccc3c2C(N)=NSN3)ccn1. The number of fused-ring (bicyclic) bond motifs is 1. The van der Waals surface area contributed by atoms with Crippen LogP contribution in [0.2, 0.25) is 0 Å². The molecule has 0 fully saturated rings. The first-order chi connectivity index (χ1) is 15.2. The molecule has 0 unspecified atom stereocenters. The van der Waals surface area contributed by atoms with E-state index in [1.54, 1.807) is 24.5 Å². The van der Waals surface area contributed by atoms with Crippen LogP contribution in [0.1, 0.15) is 41.3 Å². The van der Waals surface area contributed by atoms with Gasteiger partial charge in [0.15, 0.2) is 0 Å². The van der Waals surface area contributed by atoms with Crippen molar-refractivity contribution >= 4 is 29.6 Å². The van der Waals surface area contributed by atoms with Crippen LogP contribution in [0.4, 0.5) is 5.69 Å². The van der Waals surface area contributed by atoms with Crippen LogP contribution in [-0.2, 0) is 0 Å². The predicted octanol–water partition coefficient (Wildman–Crippen LogP) is 3.17. The van der Waals surface area contributed by atoms with Gasteiger partial charge in [0.05, 0.1) is 28.9 Å². The number of imidazole rings is 1. The summed E-state index contributed by atoms with van der Waals surface area (Å²) in [5.74, 6) is 2.25. The minimum Gasteiger partial charge on any atom is -0.490 e. The summed E-state index contributed by atoms with van der Waals surface area (Å²) in [6, 6.07) is 9.06. The van der Waals surface area contributed by atoms with Gasteiger partial charge in [-0.3, -0.25) is 9.36 Å². The Morgan fingerprint density at radius 1 is 1.28 bits per heavy atom. The molecule has 10 heteroatoms. The zero-order valence-electron chi connectivity index (χ0n) is 18.3. The van der Waals surface area contributed by atoms with Crippen LogP contribution in [0.15, 0.2) is 47.1 Å². The first-order valence-corrected chi connectivity index (χ1v) is 10.8. The van der Waals surface area contributed by atoms with Gasteiger partial charge in [-0.1, -0.05) is 6.07 Å². The molecule has 1 aromatic carbocycles. The lowest BCUT2D eigenvalue weighted by Crippen LogP contribution is -2.48. The third-order valence-corrected chi connectivity index (χ3v) is 5.57. The smallest absolute Gasteiger partial charge is 0.252 e. The number of benzene rings is 1. The first-order valence-electron chi connectivity index (χ1n) is 10.1. The molecule has 2 aromatic heterocycles. The van der Waals surface area contributed by atoms with Gasteiger partial charge in [0.25, 0.3) is 5.91 Å². The van der Waals surface area contributed by atoms with Gasteiger partial charge in [-0.15, -0.1) is 0 Å². The van der Waals surface area contributed by atoms with Gasteiger partial charge in [-0.2, -0.15) is 4.40 Å². The quantitative estimate of drug-likeness (QED) is 0.493. The van der Waals surface area contributed by atoms with E-state index in [4.69, 9.17) is 10.5 Å². The Morgan fingerprint density at radius 3 is 2.84 bits per heavy atom. The van der Waals surface area contributed by atoms with E-state index in [0.717, 1.165) is 22.8 Å². The number of carbonyl (C=O) groups is 1. The number of carbonyl (C=O) groups excluding carboxylic acids is 1. The lowest BCUT2D eigenvalue weighted by molar-refractivity contribution is 0.0880. The molecule has 0 spiro atoms. The highest BCUT2D eigenvalue weighted by atomic mass is 32.2. The van der Waals surface area contributed by atoms with Crippen molar-refractivity contribution in [3.63, 3.8) is 0 Å². The third-order valence-electron chi connectivity index (χ3n) is 4.97. The zero-order valence-corrected chi connectivity index (χ0v) is 19.2. The van der Waals surface area contributed by atoms with E-state index in [1.165, 1.54) is 12.1 Å². The fraction of sp³-hybridized carbons (Fsp3) is 0.273. The molecule has 0 bridgehead atoms. The summed E-state index contributed by atoms with van der Waals surface area (Å²) in [6.45, 7) is 7.89. The van der Waals surface area contributed by atoms with Gasteiger partial charge in [0.2, 0.25) is 0 Å². The fourth-order valence-electron chi connectivity index (χ4n) is 3.43. The summed E-state index contributed by atoms with van der Waals surface area (Å²) in [7, 11) is 0. The summed E-state index contributed by atoms with van der Waals surface area (Å²) < 4.78 is 15.2. The van der Waals surface area contributed by atoms with Gasteiger partial charge in [0.1, 0.15) is 29.8 Å². The van der Waals surface area contributed by atoms with Crippen molar-refractivity contribution in [2.24, 2.45) is 10.1 Å². The Bertz CT molecular complexity index is 1180. The van der Waals surface area contributed by atoms with Crippen LogP contribution in [-0.4, -0.2) is 38.4 Å². The standard InChI is InChI=1S/C22H25N7O2S/c1-13-11-25-14(2)29(13)18-10-15(8-9-24-18)21(30)26-22(3,4)12-31-17-7-5-6-16-19(17)20(23)28-32-27-16/h5-11,27H,12H2,1-4H3,(H2,23,28)(H,26,30). The predicted molar refractivity (Wildman–Crippen MR) is 126 cm³/mol. The zero-order chi connectivity index (χ0) is 22.9. The van der Waals surface area contributed by atoms with Gasteiger partial charge >= 0.3 is 0 Å². The third kappa shape index (κ3) is 4.40. The maximum Gasteiger partial charge on any atom is 0.252 e. The highest BCUT2D eigenvalue weighted by molar-refractivity contribution is 7.99. The molecule has 1 aliphatic rings. The maximum absolute atomic E-state index is 13.0. The molecular weight excluding hydrogens is 426 g/mol. The summed E-state index contributed by atoms with van der Waals surface area (Å²) in [5.41, 5.74) is 8.42. The molecule has 4 rings (SSSR count). The normalized spacial score (nSPS) is 13.1. The van der Waals surface area contributed by atoms with E-state index in [9.17, 15) is 4.79 Å². The number of ether oxygens (including phenoxy) is 1. The molecule has 3 aromatic rings. The molecule has 1 amide bonds. The molecular formula is C22H25N7O2S. The van der Waals surface area contributed by atoms with Crippen LogP contribution < -0.4 is 20.5 Å². The Hall–Kier alpha value is -3.53. The molecule has 0 atom stereocenters. The van der Waals surface area contributed by atoms with Crippen LogP contribution in [0.5, 0.6) is 5.75 Å². The fourth-order valence-corrected chi connectivity index (χ4v) is 3.93.